The molecule has 3 aromatic rings. The third-order valence-electron chi connectivity index (χ3n) is 6.75. The van der Waals surface area contributed by atoms with Gasteiger partial charge in [0.1, 0.15) is 5.58 Å². The van der Waals surface area contributed by atoms with Crippen LogP contribution in [0.25, 0.3) is 11.0 Å². The van der Waals surface area contributed by atoms with Gasteiger partial charge in [0.15, 0.2) is 16.9 Å². The first kappa shape index (κ1) is 23.4. The van der Waals surface area contributed by atoms with Crippen LogP contribution in [0.15, 0.2) is 51.7 Å². The first-order valence-corrected chi connectivity index (χ1v) is 12.3. The summed E-state index contributed by atoms with van der Waals surface area (Å²) in [7, 11) is 1.59. The Morgan fingerprint density at radius 3 is 2.69 bits per heavy atom. The van der Waals surface area contributed by atoms with Crippen LogP contribution >= 0.6 is 0 Å². The van der Waals surface area contributed by atoms with Crippen molar-refractivity contribution in [3.8, 4) is 11.5 Å². The number of ether oxygens (including phenoxy) is 3. The fourth-order valence-electron chi connectivity index (χ4n) is 4.89. The maximum atomic E-state index is 13.6. The minimum absolute atomic E-state index is 0.0687. The van der Waals surface area contributed by atoms with Crippen molar-refractivity contribution < 1.29 is 23.4 Å². The molecule has 0 unspecified atom stereocenters. The highest BCUT2D eigenvalue weighted by Gasteiger charge is 2.44. The van der Waals surface area contributed by atoms with E-state index in [2.05, 4.69) is 13.8 Å². The molecule has 0 radical (unpaired) electrons. The van der Waals surface area contributed by atoms with E-state index in [4.69, 9.17) is 18.6 Å². The molecule has 0 bridgehead atoms. The summed E-state index contributed by atoms with van der Waals surface area (Å²) >= 11 is 0. The van der Waals surface area contributed by atoms with Crippen molar-refractivity contribution in [1.82, 2.24) is 4.90 Å². The molecule has 1 amide bonds. The smallest absolute Gasteiger partial charge is 0.291 e. The first-order chi connectivity index (χ1) is 17.0. The molecule has 0 N–H and O–H groups in total. The van der Waals surface area contributed by atoms with Crippen LogP contribution in [0.1, 0.15) is 60.8 Å². The zero-order valence-corrected chi connectivity index (χ0v) is 20.4. The van der Waals surface area contributed by atoms with Gasteiger partial charge < -0.3 is 23.5 Å². The minimum atomic E-state index is -0.596. The van der Waals surface area contributed by atoms with Crippen molar-refractivity contribution in [2.45, 2.75) is 45.3 Å². The standard InChI is InChI=1S/C28H31NO6/c1-17(2)12-14-34-22-11-10-18(15-23(22)32-3)25-24-26(30)20-8-4-5-9-21(20)35-27(24)28(31)29(25)16-19-7-6-13-33-19/h4-5,8-11,15,17,19,25H,6-7,12-14,16H2,1-3H3/t19-,25-/m1/s1. The number of methoxy groups -OCH3 is 1. The lowest BCUT2D eigenvalue weighted by Crippen LogP contribution is -2.36. The van der Waals surface area contributed by atoms with Crippen molar-refractivity contribution in [2.75, 3.05) is 26.9 Å². The Hall–Kier alpha value is -3.32. The highest BCUT2D eigenvalue weighted by molar-refractivity contribution is 5.99. The number of fused-ring (bicyclic) bond motifs is 2. The van der Waals surface area contributed by atoms with E-state index in [-0.39, 0.29) is 23.2 Å². The summed E-state index contributed by atoms with van der Waals surface area (Å²) in [6.07, 6.45) is 2.70. The Morgan fingerprint density at radius 2 is 1.94 bits per heavy atom. The molecule has 3 heterocycles. The van der Waals surface area contributed by atoms with Gasteiger partial charge in [0.2, 0.25) is 5.76 Å². The molecule has 2 aliphatic rings. The van der Waals surface area contributed by atoms with Crippen LogP contribution < -0.4 is 14.9 Å². The molecule has 1 fully saturated rings. The third kappa shape index (κ3) is 4.41. The normalized spacial score (nSPS) is 19.5. The lowest BCUT2D eigenvalue weighted by Gasteiger charge is -2.28. The molecule has 2 atom stereocenters. The summed E-state index contributed by atoms with van der Waals surface area (Å²) in [6.45, 7) is 5.95. The number of carbonyl (C=O) groups excluding carboxylic acids is 1. The van der Waals surface area contributed by atoms with E-state index in [1.807, 2.05) is 18.2 Å². The van der Waals surface area contributed by atoms with Gasteiger partial charge >= 0.3 is 0 Å². The van der Waals surface area contributed by atoms with Gasteiger partial charge in [0.25, 0.3) is 5.91 Å². The number of para-hydroxylation sites is 1. The number of nitrogens with zero attached hydrogens (tertiary/aromatic N) is 1. The number of carbonyl (C=O) groups is 1. The average molecular weight is 478 g/mol. The van der Waals surface area contributed by atoms with Crippen LogP contribution in [0.5, 0.6) is 11.5 Å². The van der Waals surface area contributed by atoms with E-state index in [0.29, 0.717) is 53.7 Å². The molecule has 2 aromatic carbocycles. The molecule has 7 heteroatoms. The summed E-state index contributed by atoms with van der Waals surface area (Å²) < 4.78 is 23.4. The van der Waals surface area contributed by atoms with Gasteiger partial charge in [-0.25, -0.2) is 0 Å². The molecule has 1 aromatic heterocycles. The Kier molecular flexibility index (Phi) is 6.52. The molecule has 0 saturated carbocycles. The van der Waals surface area contributed by atoms with E-state index in [1.54, 1.807) is 36.3 Å². The van der Waals surface area contributed by atoms with Crippen LogP contribution in [0, 0.1) is 5.92 Å². The summed E-state index contributed by atoms with van der Waals surface area (Å²) in [6, 6.07) is 12.1. The number of benzene rings is 2. The lowest BCUT2D eigenvalue weighted by atomic mass is 9.97. The van der Waals surface area contributed by atoms with Gasteiger partial charge in [-0.2, -0.15) is 0 Å². The van der Waals surface area contributed by atoms with Crippen molar-refractivity contribution in [1.29, 1.82) is 0 Å². The summed E-state index contributed by atoms with van der Waals surface area (Å²) in [4.78, 5) is 28.9. The zero-order chi connectivity index (χ0) is 24.5. The second-order valence-electron chi connectivity index (χ2n) is 9.61. The van der Waals surface area contributed by atoms with E-state index in [9.17, 15) is 9.59 Å². The fourth-order valence-corrected chi connectivity index (χ4v) is 4.89. The number of hydrogen-bond acceptors (Lipinski definition) is 6. The van der Waals surface area contributed by atoms with Gasteiger partial charge in [-0.05, 0) is 55.0 Å². The van der Waals surface area contributed by atoms with Crippen LogP contribution in [0.2, 0.25) is 0 Å². The molecule has 0 spiro atoms. The Balaban J connectivity index is 1.59. The molecule has 5 rings (SSSR count). The number of amides is 1. The monoisotopic (exact) mass is 477 g/mol. The quantitative estimate of drug-likeness (QED) is 0.457. The van der Waals surface area contributed by atoms with Crippen molar-refractivity contribution in [2.24, 2.45) is 5.92 Å². The molecule has 1 saturated heterocycles. The van der Waals surface area contributed by atoms with E-state index in [0.717, 1.165) is 24.8 Å². The van der Waals surface area contributed by atoms with Gasteiger partial charge in [0, 0.05) is 13.2 Å². The predicted molar refractivity (Wildman–Crippen MR) is 132 cm³/mol. The maximum absolute atomic E-state index is 13.6. The zero-order valence-electron chi connectivity index (χ0n) is 20.4. The second-order valence-corrected chi connectivity index (χ2v) is 9.61. The van der Waals surface area contributed by atoms with Crippen LogP contribution in [0.4, 0.5) is 0 Å². The summed E-state index contributed by atoms with van der Waals surface area (Å²) in [5, 5.41) is 0.462. The minimum Gasteiger partial charge on any atom is -0.493 e. The van der Waals surface area contributed by atoms with E-state index >= 15 is 0 Å². The summed E-state index contributed by atoms with van der Waals surface area (Å²) in [5.41, 5.74) is 1.35. The Labute approximate surface area is 204 Å². The SMILES string of the molecule is COc1cc([C@@H]2c3c(oc4ccccc4c3=O)C(=O)N2C[C@H]2CCCO2)ccc1OCCC(C)C. The largest absolute Gasteiger partial charge is 0.493 e. The first-order valence-electron chi connectivity index (χ1n) is 12.3. The highest BCUT2D eigenvalue weighted by atomic mass is 16.5. The van der Waals surface area contributed by atoms with E-state index in [1.165, 1.54) is 0 Å². The maximum Gasteiger partial charge on any atom is 0.291 e. The van der Waals surface area contributed by atoms with Crippen LogP contribution in [-0.4, -0.2) is 43.8 Å². The predicted octanol–water partition coefficient (Wildman–Crippen LogP) is 4.95. The average Bonchev–Trinajstić information content (AvgIpc) is 3.46. The molecule has 35 heavy (non-hydrogen) atoms. The third-order valence-corrected chi connectivity index (χ3v) is 6.75. The molecule has 2 aliphatic heterocycles. The molecule has 7 nitrogen and oxygen atoms in total. The van der Waals surface area contributed by atoms with Gasteiger partial charge in [-0.1, -0.05) is 32.0 Å². The summed E-state index contributed by atoms with van der Waals surface area (Å²) in [5.74, 6) is 1.54. The molecular formula is C28H31NO6. The van der Waals surface area contributed by atoms with E-state index < -0.39 is 6.04 Å². The van der Waals surface area contributed by atoms with Crippen LogP contribution in [0.3, 0.4) is 0 Å². The molecular weight excluding hydrogens is 446 g/mol. The Morgan fingerprint density at radius 1 is 1.11 bits per heavy atom. The highest BCUT2D eigenvalue weighted by Crippen LogP contribution is 2.41. The fraction of sp³-hybridized carbons (Fsp3) is 0.429. The van der Waals surface area contributed by atoms with Gasteiger partial charge in [-0.3, -0.25) is 9.59 Å². The van der Waals surface area contributed by atoms with Crippen molar-refractivity contribution in [3.05, 3.63) is 69.6 Å². The topological polar surface area (TPSA) is 78.2 Å². The molecule has 184 valence electrons. The number of rotatable bonds is 8. The van der Waals surface area contributed by atoms with Crippen LogP contribution in [-0.2, 0) is 4.74 Å². The second kappa shape index (κ2) is 9.74. The van der Waals surface area contributed by atoms with Crippen molar-refractivity contribution >= 4 is 16.9 Å². The van der Waals surface area contributed by atoms with Gasteiger partial charge in [0.05, 0.1) is 36.8 Å². The van der Waals surface area contributed by atoms with Crippen molar-refractivity contribution in [3.63, 3.8) is 0 Å². The lowest BCUT2D eigenvalue weighted by molar-refractivity contribution is 0.0486. The van der Waals surface area contributed by atoms with Gasteiger partial charge in [-0.15, -0.1) is 0 Å². The number of hydrogen-bond donors (Lipinski definition) is 0. The molecule has 0 aliphatic carbocycles. The Bertz CT molecular complexity index is 1290.